The van der Waals surface area contributed by atoms with Crippen molar-refractivity contribution in [3.63, 3.8) is 0 Å². The molecule has 0 spiro atoms. The van der Waals surface area contributed by atoms with Crippen molar-refractivity contribution in [2.75, 3.05) is 0 Å². The third kappa shape index (κ3) is 1.75. The maximum atomic E-state index is 12.3. The number of nitrogens with two attached hydrogens (primary N) is 1. The van der Waals surface area contributed by atoms with Crippen LogP contribution in [-0.4, -0.2) is 9.13 Å². The number of aryl methyl sites for hydroxylation is 2. The van der Waals surface area contributed by atoms with Gasteiger partial charge in [-0.25, -0.2) is 4.79 Å². The van der Waals surface area contributed by atoms with Gasteiger partial charge in [-0.15, -0.1) is 0 Å². The van der Waals surface area contributed by atoms with E-state index in [1.807, 2.05) is 37.4 Å². The van der Waals surface area contributed by atoms with Gasteiger partial charge in [-0.1, -0.05) is 18.2 Å². The molecule has 0 bridgehead atoms. The fourth-order valence-corrected chi connectivity index (χ4v) is 2.91. The summed E-state index contributed by atoms with van der Waals surface area (Å²) in [5.41, 5.74) is 9.10. The normalized spacial score (nSPS) is 17.2. The summed E-state index contributed by atoms with van der Waals surface area (Å²) in [6.45, 7) is 1.95. The van der Waals surface area contributed by atoms with Crippen molar-refractivity contribution < 1.29 is 0 Å². The first kappa shape index (κ1) is 12.2. The van der Waals surface area contributed by atoms with E-state index >= 15 is 0 Å². The van der Waals surface area contributed by atoms with Crippen molar-refractivity contribution in [1.29, 1.82) is 0 Å². The Morgan fingerprint density at radius 3 is 2.47 bits per heavy atom. The first-order valence-corrected chi connectivity index (χ1v) is 6.67. The Bertz CT molecular complexity index is 677. The summed E-state index contributed by atoms with van der Waals surface area (Å²) >= 11 is 0. The van der Waals surface area contributed by atoms with E-state index in [4.69, 9.17) is 5.73 Å². The number of aromatic nitrogens is 2. The lowest BCUT2D eigenvalue weighted by Gasteiger charge is -2.39. The van der Waals surface area contributed by atoms with Crippen LogP contribution >= 0.6 is 0 Å². The molecule has 1 aliphatic carbocycles. The summed E-state index contributed by atoms with van der Waals surface area (Å²) in [5.74, 6) is 0. The highest BCUT2D eigenvalue weighted by atomic mass is 16.1. The molecule has 4 heteroatoms. The van der Waals surface area contributed by atoms with Gasteiger partial charge in [-0.05, 0) is 37.8 Å². The van der Waals surface area contributed by atoms with Gasteiger partial charge in [0, 0.05) is 24.5 Å². The highest BCUT2D eigenvalue weighted by Crippen LogP contribution is 2.41. The topological polar surface area (TPSA) is 53.0 Å². The van der Waals surface area contributed by atoms with Gasteiger partial charge in [0.25, 0.3) is 0 Å². The first-order chi connectivity index (χ1) is 9.03. The van der Waals surface area contributed by atoms with Crippen LogP contribution in [0.5, 0.6) is 0 Å². The monoisotopic (exact) mass is 257 g/mol. The predicted octanol–water partition coefficient (Wildman–Crippen LogP) is 1.82. The number of hydrogen-bond donors (Lipinski definition) is 1. The fourth-order valence-electron chi connectivity index (χ4n) is 2.91. The van der Waals surface area contributed by atoms with E-state index in [1.165, 1.54) is 0 Å². The zero-order valence-electron chi connectivity index (χ0n) is 11.4. The van der Waals surface area contributed by atoms with Gasteiger partial charge in [0.05, 0.1) is 5.69 Å². The molecule has 1 heterocycles. The Hall–Kier alpha value is -1.81. The van der Waals surface area contributed by atoms with Crippen LogP contribution < -0.4 is 11.4 Å². The summed E-state index contributed by atoms with van der Waals surface area (Å²) in [7, 11) is 1.77. The summed E-state index contributed by atoms with van der Waals surface area (Å²) in [4.78, 5) is 12.3. The second-order valence-electron chi connectivity index (χ2n) is 5.53. The number of nitrogens with zero attached hydrogens (tertiary/aromatic N) is 2. The minimum absolute atomic E-state index is 0.0205. The van der Waals surface area contributed by atoms with Crippen molar-refractivity contribution in [3.8, 4) is 5.69 Å². The standard InChI is InChI=1S/C15H19N3O/c1-11-10-17(2)14(19)18(11)13-7-4-3-6-12(13)15(16)8-5-9-15/h3-4,6-7,10H,5,8-9,16H2,1-2H3. The van der Waals surface area contributed by atoms with E-state index in [2.05, 4.69) is 0 Å². The molecule has 0 unspecified atom stereocenters. The fraction of sp³-hybridized carbons (Fsp3) is 0.400. The first-order valence-electron chi connectivity index (χ1n) is 6.67. The Balaban J connectivity index is 2.23. The molecule has 1 aromatic carbocycles. The van der Waals surface area contributed by atoms with E-state index < -0.39 is 0 Å². The molecular formula is C15H19N3O. The Labute approximate surface area is 112 Å². The maximum Gasteiger partial charge on any atom is 0.332 e. The van der Waals surface area contributed by atoms with Crippen molar-refractivity contribution in [2.24, 2.45) is 12.8 Å². The second kappa shape index (κ2) is 4.10. The second-order valence-corrected chi connectivity index (χ2v) is 5.53. The van der Waals surface area contributed by atoms with E-state index in [-0.39, 0.29) is 11.2 Å². The van der Waals surface area contributed by atoms with Crippen LogP contribution in [0.3, 0.4) is 0 Å². The van der Waals surface area contributed by atoms with Gasteiger partial charge in [0.15, 0.2) is 0 Å². The molecule has 0 amide bonds. The third-order valence-electron chi connectivity index (χ3n) is 4.15. The molecule has 0 radical (unpaired) electrons. The average molecular weight is 257 g/mol. The van der Waals surface area contributed by atoms with Crippen LogP contribution in [0.25, 0.3) is 5.69 Å². The highest BCUT2D eigenvalue weighted by molar-refractivity contribution is 5.47. The molecule has 2 N–H and O–H groups in total. The van der Waals surface area contributed by atoms with Gasteiger partial charge >= 0.3 is 5.69 Å². The summed E-state index contributed by atoms with van der Waals surface area (Å²) in [6, 6.07) is 7.98. The van der Waals surface area contributed by atoms with E-state index in [9.17, 15) is 4.79 Å². The molecule has 19 heavy (non-hydrogen) atoms. The minimum atomic E-state index is -0.266. The Kier molecular flexibility index (Phi) is 2.64. The maximum absolute atomic E-state index is 12.3. The van der Waals surface area contributed by atoms with Gasteiger partial charge in [-0.3, -0.25) is 4.57 Å². The van der Waals surface area contributed by atoms with Crippen LogP contribution in [0.1, 0.15) is 30.5 Å². The van der Waals surface area contributed by atoms with Crippen LogP contribution in [0, 0.1) is 6.92 Å². The summed E-state index contributed by atoms with van der Waals surface area (Å²) < 4.78 is 3.36. The van der Waals surface area contributed by atoms with Crippen molar-refractivity contribution in [3.05, 3.63) is 52.2 Å². The molecular weight excluding hydrogens is 238 g/mol. The molecule has 1 aliphatic rings. The molecule has 4 nitrogen and oxygen atoms in total. The molecule has 0 atom stereocenters. The lowest BCUT2D eigenvalue weighted by Crippen LogP contribution is -2.44. The van der Waals surface area contributed by atoms with Crippen LogP contribution in [0.2, 0.25) is 0 Å². The van der Waals surface area contributed by atoms with Crippen molar-refractivity contribution in [2.45, 2.75) is 31.7 Å². The van der Waals surface area contributed by atoms with Gasteiger partial charge in [0.2, 0.25) is 0 Å². The Morgan fingerprint density at radius 2 is 1.95 bits per heavy atom. The van der Waals surface area contributed by atoms with Gasteiger partial charge in [0.1, 0.15) is 0 Å². The highest BCUT2D eigenvalue weighted by Gasteiger charge is 2.36. The minimum Gasteiger partial charge on any atom is -0.321 e. The summed E-state index contributed by atoms with van der Waals surface area (Å²) in [5, 5.41) is 0. The average Bonchev–Trinajstić information content (AvgIpc) is 2.61. The molecule has 1 fully saturated rings. The van der Waals surface area contributed by atoms with E-state index in [0.717, 1.165) is 36.2 Å². The molecule has 2 aromatic rings. The molecule has 3 rings (SSSR count). The zero-order valence-corrected chi connectivity index (χ0v) is 11.4. The number of para-hydroxylation sites is 1. The largest absolute Gasteiger partial charge is 0.332 e. The van der Waals surface area contributed by atoms with Crippen LogP contribution in [0.4, 0.5) is 0 Å². The number of rotatable bonds is 2. The quantitative estimate of drug-likeness (QED) is 0.892. The molecule has 100 valence electrons. The van der Waals surface area contributed by atoms with Crippen molar-refractivity contribution in [1.82, 2.24) is 9.13 Å². The predicted molar refractivity (Wildman–Crippen MR) is 75.5 cm³/mol. The smallest absolute Gasteiger partial charge is 0.321 e. The SMILES string of the molecule is Cc1cn(C)c(=O)n1-c1ccccc1C1(N)CCC1. The lowest BCUT2D eigenvalue weighted by atomic mass is 9.72. The molecule has 1 saturated carbocycles. The number of imidazole rings is 1. The van der Waals surface area contributed by atoms with Gasteiger partial charge < -0.3 is 10.3 Å². The van der Waals surface area contributed by atoms with Gasteiger partial charge in [-0.2, -0.15) is 0 Å². The van der Waals surface area contributed by atoms with E-state index in [1.54, 1.807) is 16.2 Å². The molecule has 0 aliphatic heterocycles. The molecule has 0 saturated heterocycles. The van der Waals surface area contributed by atoms with E-state index in [0.29, 0.717) is 0 Å². The van der Waals surface area contributed by atoms with Crippen molar-refractivity contribution >= 4 is 0 Å². The lowest BCUT2D eigenvalue weighted by molar-refractivity contribution is 0.253. The molecule has 1 aromatic heterocycles. The summed E-state index contributed by atoms with van der Waals surface area (Å²) in [6.07, 6.45) is 4.99. The Morgan fingerprint density at radius 1 is 1.26 bits per heavy atom. The zero-order chi connectivity index (χ0) is 13.6. The third-order valence-corrected chi connectivity index (χ3v) is 4.15. The van der Waals surface area contributed by atoms with Crippen LogP contribution in [-0.2, 0) is 12.6 Å². The van der Waals surface area contributed by atoms with Crippen LogP contribution in [0.15, 0.2) is 35.3 Å². The number of hydrogen-bond acceptors (Lipinski definition) is 2. The number of benzene rings is 1.